The maximum absolute atomic E-state index is 12.4. The van der Waals surface area contributed by atoms with Crippen molar-refractivity contribution in [2.75, 3.05) is 10.6 Å². The normalized spacial score (nSPS) is 10.6. The summed E-state index contributed by atoms with van der Waals surface area (Å²) in [5.74, 6) is 0.367. The lowest BCUT2D eigenvalue weighted by Gasteiger charge is -2.09. The number of carbonyl (C=O) groups is 1. The van der Waals surface area contributed by atoms with E-state index >= 15 is 0 Å². The first-order valence-corrected chi connectivity index (χ1v) is 11.2. The fourth-order valence-electron chi connectivity index (χ4n) is 3.96. The third-order valence-electron chi connectivity index (χ3n) is 5.72. The van der Waals surface area contributed by atoms with E-state index in [1.807, 2.05) is 91.9 Å². The number of carbonyl (C=O) groups excluding carboxylic acids is 1. The Labute approximate surface area is 202 Å². The van der Waals surface area contributed by atoms with Gasteiger partial charge >= 0.3 is 0 Å². The summed E-state index contributed by atoms with van der Waals surface area (Å²) in [6, 6.07) is 30.7. The van der Waals surface area contributed by atoms with Crippen molar-refractivity contribution in [3.8, 4) is 17.2 Å². The molecule has 0 atom stereocenters. The van der Waals surface area contributed by atoms with Crippen LogP contribution in [-0.4, -0.2) is 20.5 Å². The molecule has 0 aliphatic rings. The number of rotatable bonds is 6. The van der Waals surface area contributed by atoms with Gasteiger partial charge in [0.15, 0.2) is 5.65 Å². The third-order valence-corrected chi connectivity index (χ3v) is 5.72. The van der Waals surface area contributed by atoms with Crippen molar-refractivity contribution in [2.24, 2.45) is 0 Å². The van der Waals surface area contributed by atoms with E-state index in [0.29, 0.717) is 29.3 Å². The standard InChI is InChI=1S/C28H22N6O/c1-19-24(21-11-13-23(14-12-21)30-27(35)17-20-7-3-2-4-8-20)15-16-26-32-28(33-34(19)26)31-25-10-6-5-9-22(25)18-29/h2-16H,17H2,1H3,(H,30,35)(H,31,33). The maximum Gasteiger partial charge on any atom is 0.247 e. The Bertz CT molecular complexity index is 1550. The minimum Gasteiger partial charge on any atom is -0.326 e. The molecular weight excluding hydrogens is 436 g/mol. The van der Waals surface area contributed by atoms with Gasteiger partial charge in [0.05, 0.1) is 17.7 Å². The predicted octanol–water partition coefficient (Wildman–Crippen LogP) is 5.50. The number of aryl methyl sites for hydroxylation is 1. The van der Waals surface area contributed by atoms with Crippen molar-refractivity contribution in [3.63, 3.8) is 0 Å². The first-order chi connectivity index (χ1) is 17.1. The van der Waals surface area contributed by atoms with Gasteiger partial charge in [-0.3, -0.25) is 4.79 Å². The second-order valence-corrected chi connectivity index (χ2v) is 8.11. The van der Waals surface area contributed by atoms with E-state index in [0.717, 1.165) is 28.1 Å². The monoisotopic (exact) mass is 458 g/mol. The fraction of sp³-hybridized carbons (Fsp3) is 0.0714. The van der Waals surface area contributed by atoms with Crippen molar-refractivity contribution in [1.82, 2.24) is 14.6 Å². The van der Waals surface area contributed by atoms with Crippen molar-refractivity contribution >= 4 is 28.9 Å². The van der Waals surface area contributed by atoms with Gasteiger partial charge < -0.3 is 10.6 Å². The second kappa shape index (κ2) is 9.49. The number of hydrogen-bond acceptors (Lipinski definition) is 5. The van der Waals surface area contributed by atoms with Crippen LogP contribution in [0.15, 0.2) is 91.0 Å². The van der Waals surface area contributed by atoms with E-state index < -0.39 is 0 Å². The van der Waals surface area contributed by atoms with E-state index in [1.54, 1.807) is 10.6 Å². The highest BCUT2D eigenvalue weighted by Crippen LogP contribution is 2.27. The van der Waals surface area contributed by atoms with Gasteiger partial charge in [0.25, 0.3) is 0 Å². The zero-order chi connectivity index (χ0) is 24.2. The van der Waals surface area contributed by atoms with E-state index in [1.165, 1.54) is 0 Å². The molecule has 2 N–H and O–H groups in total. The summed E-state index contributed by atoms with van der Waals surface area (Å²) in [6.07, 6.45) is 0.333. The highest BCUT2D eigenvalue weighted by molar-refractivity contribution is 5.92. The van der Waals surface area contributed by atoms with Crippen LogP contribution in [0.3, 0.4) is 0 Å². The number of aromatic nitrogens is 3. The van der Waals surface area contributed by atoms with Crippen LogP contribution in [0.5, 0.6) is 0 Å². The van der Waals surface area contributed by atoms with Gasteiger partial charge in [-0.05, 0) is 54.4 Å². The van der Waals surface area contributed by atoms with Crippen LogP contribution < -0.4 is 10.6 Å². The van der Waals surface area contributed by atoms with Gasteiger partial charge in [-0.25, -0.2) is 4.52 Å². The minimum absolute atomic E-state index is 0.0535. The number of nitriles is 1. The van der Waals surface area contributed by atoms with Crippen molar-refractivity contribution in [2.45, 2.75) is 13.3 Å². The summed E-state index contributed by atoms with van der Waals surface area (Å²) in [4.78, 5) is 16.9. The average molecular weight is 459 g/mol. The summed E-state index contributed by atoms with van der Waals surface area (Å²) >= 11 is 0. The highest BCUT2D eigenvalue weighted by Gasteiger charge is 2.12. The molecule has 3 aromatic carbocycles. The number of fused-ring (bicyclic) bond motifs is 1. The van der Waals surface area contributed by atoms with Crippen LogP contribution in [0.4, 0.5) is 17.3 Å². The van der Waals surface area contributed by atoms with Crippen LogP contribution in [0.2, 0.25) is 0 Å². The Morgan fingerprint density at radius 1 is 0.943 bits per heavy atom. The quantitative estimate of drug-likeness (QED) is 0.350. The SMILES string of the molecule is Cc1c(-c2ccc(NC(=O)Cc3ccccc3)cc2)ccc2nc(Nc3ccccc3C#N)nn12. The summed E-state index contributed by atoms with van der Waals surface area (Å²) < 4.78 is 1.78. The summed E-state index contributed by atoms with van der Waals surface area (Å²) in [6.45, 7) is 1.99. The van der Waals surface area contributed by atoms with E-state index in [2.05, 4.69) is 26.8 Å². The largest absolute Gasteiger partial charge is 0.326 e. The fourth-order valence-corrected chi connectivity index (χ4v) is 3.96. The number of nitrogens with one attached hydrogen (secondary N) is 2. The van der Waals surface area contributed by atoms with Crippen molar-refractivity contribution < 1.29 is 4.79 Å². The lowest BCUT2D eigenvalue weighted by Crippen LogP contribution is -2.14. The van der Waals surface area contributed by atoms with Gasteiger partial charge in [-0.2, -0.15) is 10.2 Å². The molecule has 0 saturated carbocycles. The Kier molecular flexibility index (Phi) is 5.93. The molecule has 7 heteroatoms. The Balaban J connectivity index is 1.34. The number of para-hydroxylation sites is 1. The molecule has 7 nitrogen and oxygen atoms in total. The molecule has 0 aliphatic carbocycles. The molecule has 2 heterocycles. The van der Waals surface area contributed by atoms with Crippen LogP contribution in [0, 0.1) is 18.3 Å². The molecule has 1 amide bonds. The zero-order valence-electron chi connectivity index (χ0n) is 19.1. The molecule has 35 heavy (non-hydrogen) atoms. The maximum atomic E-state index is 12.4. The van der Waals surface area contributed by atoms with Gasteiger partial charge in [-0.1, -0.05) is 54.6 Å². The average Bonchev–Trinajstić information content (AvgIpc) is 3.29. The third kappa shape index (κ3) is 4.72. The van der Waals surface area contributed by atoms with Crippen LogP contribution in [0.25, 0.3) is 16.8 Å². The number of nitrogens with zero attached hydrogens (tertiary/aromatic N) is 4. The Morgan fingerprint density at radius 2 is 1.69 bits per heavy atom. The molecule has 0 fully saturated rings. The number of benzene rings is 3. The zero-order valence-corrected chi connectivity index (χ0v) is 19.1. The smallest absolute Gasteiger partial charge is 0.247 e. The lowest BCUT2D eigenvalue weighted by molar-refractivity contribution is -0.115. The first-order valence-electron chi connectivity index (χ1n) is 11.2. The van der Waals surface area contributed by atoms with Crippen molar-refractivity contribution in [1.29, 1.82) is 5.26 Å². The molecule has 0 unspecified atom stereocenters. The number of amides is 1. The van der Waals surface area contributed by atoms with E-state index in [-0.39, 0.29) is 5.91 Å². The Hall–Kier alpha value is -4.96. The van der Waals surface area contributed by atoms with Crippen LogP contribution >= 0.6 is 0 Å². The Morgan fingerprint density at radius 3 is 2.46 bits per heavy atom. The topological polar surface area (TPSA) is 95.1 Å². The van der Waals surface area contributed by atoms with Crippen LogP contribution in [0.1, 0.15) is 16.8 Å². The highest BCUT2D eigenvalue weighted by atomic mass is 16.1. The molecule has 0 saturated heterocycles. The molecular formula is C28H22N6O. The summed E-state index contributed by atoms with van der Waals surface area (Å²) in [7, 11) is 0. The van der Waals surface area contributed by atoms with Gasteiger partial charge in [0, 0.05) is 16.9 Å². The predicted molar refractivity (Wildman–Crippen MR) is 136 cm³/mol. The van der Waals surface area contributed by atoms with Gasteiger partial charge in [0.2, 0.25) is 11.9 Å². The first kappa shape index (κ1) is 21.9. The number of pyridine rings is 1. The lowest BCUT2D eigenvalue weighted by atomic mass is 10.0. The molecule has 5 rings (SSSR count). The minimum atomic E-state index is -0.0535. The molecule has 0 spiro atoms. The van der Waals surface area contributed by atoms with Crippen LogP contribution in [-0.2, 0) is 11.2 Å². The van der Waals surface area contributed by atoms with Gasteiger partial charge in [-0.15, -0.1) is 5.10 Å². The van der Waals surface area contributed by atoms with E-state index in [9.17, 15) is 10.1 Å². The summed E-state index contributed by atoms with van der Waals surface area (Å²) in [5.41, 5.74) is 6.55. The van der Waals surface area contributed by atoms with Gasteiger partial charge in [0.1, 0.15) is 6.07 Å². The molecule has 170 valence electrons. The van der Waals surface area contributed by atoms with E-state index in [4.69, 9.17) is 0 Å². The number of anilines is 3. The summed E-state index contributed by atoms with van der Waals surface area (Å²) in [5, 5.41) is 20.0. The molecule has 0 radical (unpaired) electrons. The second-order valence-electron chi connectivity index (χ2n) is 8.11. The molecule has 0 bridgehead atoms. The molecule has 2 aromatic heterocycles. The molecule has 5 aromatic rings. The van der Waals surface area contributed by atoms with Crippen molar-refractivity contribution in [3.05, 3.63) is 108 Å². The number of hydrogen-bond donors (Lipinski definition) is 2. The molecule has 0 aliphatic heterocycles.